The summed E-state index contributed by atoms with van der Waals surface area (Å²) < 4.78 is 0. The van der Waals surface area contributed by atoms with E-state index in [1.54, 1.807) is 0 Å². The summed E-state index contributed by atoms with van der Waals surface area (Å²) >= 11 is 0. The van der Waals surface area contributed by atoms with Crippen molar-refractivity contribution >= 4 is 16.7 Å². The summed E-state index contributed by atoms with van der Waals surface area (Å²) in [5.41, 5.74) is 6.79. The molecule has 1 aliphatic carbocycles. The lowest BCUT2D eigenvalue weighted by Crippen LogP contribution is -2.49. The van der Waals surface area contributed by atoms with Gasteiger partial charge in [0.25, 0.3) is 5.91 Å². The normalized spacial score (nSPS) is 22.6. The molecule has 0 bridgehead atoms. The minimum absolute atomic E-state index is 0.0156. The molecule has 2 aromatic carbocycles. The number of fused-ring (bicyclic) bond motifs is 1. The number of nitrogens with one attached hydrogen (secondary N) is 1. The number of hydrogen-bond donors (Lipinski definition) is 2. The van der Waals surface area contributed by atoms with Crippen LogP contribution in [-0.4, -0.2) is 18.0 Å². The maximum absolute atomic E-state index is 12.3. The van der Waals surface area contributed by atoms with Crippen LogP contribution in [0.3, 0.4) is 0 Å². The van der Waals surface area contributed by atoms with Crippen molar-refractivity contribution in [2.24, 2.45) is 5.73 Å². The van der Waals surface area contributed by atoms with Crippen molar-refractivity contribution in [3.8, 4) is 0 Å². The molecule has 0 unspecified atom stereocenters. The van der Waals surface area contributed by atoms with E-state index < -0.39 is 0 Å². The highest BCUT2D eigenvalue weighted by atomic mass is 16.1. The Morgan fingerprint density at radius 1 is 1.05 bits per heavy atom. The Hall–Kier alpha value is -1.87. The molecule has 20 heavy (non-hydrogen) atoms. The van der Waals surface area contributed by atoms with Crippen LogP contribution in [-0.2, 0) is 0 Å². The molecule has 0 aliphatic heterocycles. The van der Waals surface area contributed by atoms with E-state index in [9.17, 15) is 4.79 Å². The molecule has 0 spiro atoms. The Balaban J connectivity index is 1.78. The Labute approximate surface area is 119 Å². The van der Waals surface area contributed by atoms with Gasteiger partial charge in [0.15, 0.2) is 0 Å². The minimum atomic E-state index is -0.0156. The first-order chi connectivity index (χ1) is 9.74. The molecule has 2 atom stereocenters. The minimum Gasteiger partial charge on any atom is -0.348 e. The zero-order valence-electron chi connectivity index (χ0n) is 11.5. The van der Waals surface area contributed by atoms with Gasteiger partial charge < -0.3 is 11.1 Å². The van der Waals surface area contributed by atoms with Crippen LogP contribution in [0.25, 0.3) is 10.8 Å². The molecule has 0 heterocycles. The van der Waals surface area contributed by atoms with E-state index in [1.165, 1.54) is 6.42 Å². The summed E-state index contributed by atoms with van der Waals surface area (Å²) in [4.78, 5) is 12.3. The molecule has 1 aliphatic rings. The van der Waals surface area contributed by atoms with E-state index in [-0.39, 0.29) is 18.0 Å². The Bertz CT molecular complexity index is 623. The van der Waals surface area contributed by atoms with Gasteiger partial charge in [-0.3, -0.25) is 4.79 Å². The van der Waals surface area contributed by atoms with Crippen LogP contribution in [0.5, 0.6) is 0 Å². The number of carbonyl (C=O) groups is 1. The summed E-state index contributed by atoms with van der Waals surface area (Å²) in [6, 6.07) is 14.1. The maximum atomic E-state index is 12.3. The molecule has 3 nitrogen and oxygen atoms in total. The van der Waals surface area contributed by atoms with Crippen molar-refractivity contribution < 1.29 is 4.79 Å². The molecule has 1 saturated carbocycles. The summed E-state index contributed by atoms with van der Waals surface area (Å²) in [6.07, 6.45) is 4.31. The predicted octanol–water partition coefficient (Wildman–Crippen LogP) is 2.84. The molecule has 2 aromatic rings. The highest BCUT2D eigenvalue weighted by molar-refractivity contribution is 5.98. The lowest BCUT2D eigenvalue weighted by atomic mass is 9.91. The SMILES string of the molecule is N[C@@H]1CCCC[C@H]1NC(=O)c1ccc2ccccc2c1. The van der Waals surface area contributed by atoms with Gasteiger partial charge in [-0.25, -0.2) is 0 Å². The van der Waals surface area contributed by atoms with Crippen LogP contribution < -0.4 is 11.1 Å². The van der Waals surface area contributed by atoms with Gasteiger partial charge >= 0.3 is 0 Å². The smallest absolute Gasteiger partial charge is 0.251 e. The van der Waals surface area contributed by atoms with Gasteiger partial charge in [0.05, 0.1) is 0 Å². The molecule has 3 N–H and O–H groups in total. The van der Waals surface area contributed by atoms with Crippen LogP contribution in [0.2, 0.25) is 0 Å². The second kappa shape index (κ2) is 5.63. The predicted molar refractivity (Wildman–Crippen MR) is 81.6 cm³/mol. The van der Waals surface area contributed by atoms with Gasteiger partial charge in [-0.15, -0.1) is 0 Å². The summed E-state index contributed by atoms with van der Waals surface area (Å²) in [5, 5.41) is 5.33. The van der Waals surface area contributed by atoms with Crippen molar-refractivity contribution in [1.29, 1.82) is 0 Å². The molecule has 3 heteroatoms. The number of hydrogen-bond acceptors (Lipinski definition) is 2. The summed E-state index contributed by atoms with van der Waals surface area (Å²) in [5.74, 6) is -0.0156. The fourth-order valence-electron chi connectivity index (χ4n) is 2.92. The van der Waals surface area contributed by atoms with Crippen LogP contribution in [0.15, 0.2) is 42.5 Å². The van der Waals surface area contributed by atoms with Gasteiger partial charge in [-0.2, -0.15) is 0 Å². The fraction of sp³-hybridized carbons (Fsp3) is 0.353. The van der Waals surface area contributed by atoms with E-state index in [0.717, 1.165) is 30.0 Å². The van der Waals surface area contributed by atoms with Crippen LogP contribution in [0.4, 0.5) is 0 Å². The number of benzene rings is 2. The first-order valence-electron chi connectivity index (χ1n) is 7.29. The van der Waals surface area contributed by atoms with Crippen molar-refractivity contribution in [2.75, 3.05) is 0 Å². The zero-order valence-corrected chi connectivity index (χ0v) is 11.5. The average molecular weight is 268 g/mol. The summed E-state index contributed by atoms with van der Waals surface area (Å²) in [6.45, 7) is 0. The first-order valence-corrected chi connectivity index (χ1v) is 7.29. The van der Waals surface area contributed by atoms with Crippen LogP contribution in [0.1, 0.15) is 36.0 Å². The van der Waals surface area contributed by atoms with Gasteiger partial charge in [0, 0.05) is 17.6 Å². The highest BCUT2D eigenvalue weighted by Gasteiger charge is 2.23. The monoisotopic (exact) mass is 268 g/mol. The van der Waals surface area contributed by atoms with E-state index >= 15 is 0 Å². The molecular weight excluding hydrogens is 248 g/mol. The van der Waals surface area contributed by atoms with E-state index in [0.29, 0.717) is 5.56 Å². The average Bonchev–Trinajstić information content (AvgIpc) is 2.49. The molecule has 0 radical (unpaired) electrons. The van der Waals surface area contributed by atoms with Crippen molar-refractivity contribution in [2.45, 2.75) is 37.8 Å². The quantitative estimate of drug-likeness (QED) is 0.880. The van der Waals surface area contributed by atoms with Gasteiger partial charge in [-0.05, 0) is 35.7 Å². The van der Waals surface area contributed by atoms with E-state index in [1.807, 2.05) is 42.5 Å². The molecule has 1 fully saturated rings. The third kappa shape index (κ3) is 2.68. The number of rotatable bonds is 2. The molecule has 0 aromatic heterocycles. The van der Waals surface area contributed by atoms with Gasteiger partial charge in [0.1, 0.15) is 0 Å². The van der Waals surface area contributed by atoms with E-state index in [2.05, 4.69) is 5.32 Å². The first kappa shape index (κ1) is 13.1. The fourth-order valence-corrected chi connectivity index (χ4v) is 2.92. The second-order valence-electron chi connectivity index (χ2n) is 5.59. The number of nitrogens with two attached hydrogens (primary N) is 1. The third-order valence-corrected chi connectivity index (χ3v) is 4.15. The Morgan fingerprint density at radius 2 is 1.80 bits per heavy atom. The van der Waals surface area contributed by atoms with E-state index in [4.69, 9.17) is 5.73 Å². The standard InChI is InChI=1S/C17H20N2O/c18-15-7-3-4-8-16(15)19-17(20)14-10-9-12-5-1-2-6-13(12)11-14/h1-2,5-6,9-11,15-16H,3-4,7-8,18H2,(H,19,20)/t15-,16-/m1/s1. The molecule has 3 rings (SSSR count). The van der Waals surface area contributed by atoms with Crippen LogP contribution in [0, 0.1) is 0 Å². The van der Waals surface area contributed by atoms with Crippen molar-refractivity contribution in [3.05, 3.63) is 48.0 Å². The number of amides is 1. The third-order valence-electron chi connectivity index (χ3n) is 4.15. The van der Waals surface area contributed by atoms with Crippen molar-refractivity contribution in [3.63, 3.8) is 0 Å². The van der Waals surface area contributed by atoms with Crippen LogP contribution >= 0.6 is 0 Å². The molecule has 0 saturated heterocycles. The second-order valence-corrected chi connectivity index (χ2v) is 5.59. The molecule has 104 valence electrons. The maximum Gasteiger partial charge on any atom is 0.251 e. The largest absolute Gasteiger partial charge is 0.348 e. The van der Waals surface area contributed by atoms with Crippen molar-refractivity contribution in [1.82, 2.24) is 5.32 Å². The topological polar surface area (TPSA) is 55.1 Å². The number of carbonyl (C=O) groups excluding carboxylic acids is 1. The van der Waals surface area contributed by atoms with Gasteiger partial charge in [0.2, 0.25) is 0 Å². The lowest BCUT2D eigenvalue weighted by molar-refractivity contribution is 0.0921. The van der Waals surface area contributed by atoms with Gasteiger partial charge in [-0.1, -0.05) is 43.2 Å². The Kier molecular flexibility index (Phi) is 3.70. The molecule has 1 amide bonds. The molecular formula is C17H20N2O. The zero-order chi connectivity index (χ0) is 13.9. The Morgan fingerprint density at radius 3 is 2.60 bits per heavy atom. The summed E-state index contributed by atoms with van der Waals surface area (Å²) in [7, 11) is 0. The highest BCUT2D eigenvalue weighted by Crippen LogP contribution is 2.19. The lowest BCUT2D eigenvalue weighted by Gasteiger charge is -2.29.